The molecule has 1 aliphatic rings. The van der Waals surface area contributed by atoms with Gasteiger partial charge in [0.1, 0.15) is 5.82 Å². The molecule has 1 heterocycles. The molecule has 1 aliphatic carbocycles. The van der Waals surface area contributed by atoms with E-state index in [1.54, 1.807) is 0 Å². The monoisotopic (exact) mass is 374 g/mol. The van der Waals surface area contributed by atoms with Crippen LogP contribution in [0, 0.1) is 6.92 Å². The predicted octanol–water partition coefficient (Wildman–Crippen LogP) is 5.38. The smallest absolute Gasteiger partial charge is 0.225 e. The molecule has 1 fully saturated rings. The highest BCUT2D eigenvalue weighted by Crippen LogP contribution is 2.40. The summed E-state index contributed by atoms with van der Waals surface area (Å²) in [5.74, 6) is 2.17. The van der Waals surface area contributed by atoms with Gasteiger partial charge < -0.3 is 10.6 Å². The van der Waals surface area contributed by atoms with E-state index in [9.17, 15) is 0 Å². The second kappa shape index (κ2) is 6.87. The van der Waals surface area contributed by atoms with Crippen molar-refractivity contribution in [1.82, 2.24) is 9.97 Å². The lowest BCUT2D eigenvalue weighted by Gasteiger charge is -2.15. The largest absolute Gasteiger partial charge is 0.352 e. The molecule has 2 N–H and O–H groups in total. The molecule has 0 radical (unpaired) electrons. The maximum Gasteiger partial charge on any atom is 0.225 e. The molecule has 1 aromatic heterocycles. The van der Waals surface area contributed by atoms with Crippen LogP contribution in [0.25, 0.3) is 0 Å². The van der Waals surface area contributed by atoms with Gasteiger partial charge in [0.15, 0.2) is 0 Å². The second-order valence-corrected chi connectivity index (χ2v) is 7.12. The zero-order chi connectivity index (χ0) is 16.4. The fraction of sp³-hybridized carbons (Fsp3) is 0.444. The molecule has 2 aromatic rings. The minimum atomic E-state index is 0.366. The van der Waals surface area contributed by atoms with Crippen LogP contribution >= 0.6 is 15.9 Å². The lowest BCUT2D eigenvalue weighted by atomic mass is 10.2. The average Bonchev–Trinajstić information content (AvgIpc) is 3.36. The van der Waals surface area contributed by atoms with Crippen molar-refractivity contribution in [1.29, 1.82) is 0 Å². The number of hydrogen-bond acceptors (Lipinski definition) is 4. The molecule has 5 heteroatoms. The standard InChI is InChI=1S/C18H23BrN4/c1-4-11(2)20-18-22-16(13-8-9-13)10-17(23-18)21-15-7-5-6-14(19)12(15)3/h5-7,10-11,13H,4,8-9H2,1-3H3,(H2,20,21,22,23)/t11-/m1/s1. The molecule has 0 bridgehead atoms. The first-order valence-electron chi connectivity index (χ1n) is 8.24. The van der Waals surface area contributed by atoms with E-state index in [0.29, 0.717) is 12.0 Å². The Morgan fingerprint density at radius 3 is 2.78 bits per heavy atom. The average molecular weight is 375 g/mol. The van der Waals surface area contributed by atoms with Gasteiger partial charge in [0.2, 0.25) is 5.95 Å². The quantitative estimate of drug-likeness (QED) is 0.712. The molecule has 0 saturated heterocycles. The van der Waals surface area contributed by atoms with Gasteiger partial charge in [0.05, 0.1) is 5.69 Å². The molecule has 1 atom stereocenters. The van der Waals surface area contributed by atoms with E-state index in [0.717, 1.165) is 34.0 Å². The van der Waals surface area contributed by atoms with E-state index in [1.807, 2.05) is 12.1 Å². The van der Waals surface area contributed by atoms with E-state index in [2.05, 4.69) is 64.5 Å². The van der Waals surface area contributed by atoms with Gasteiger partial charge in [-0.15, -0.1) is 0 Å². The van der Waals surface area contributed by atoms with Gasteiger partial charge in [-0.2, -0.15) is 4.98 Å². The van der Waals surface area contributed by atoms with Crippen LogP contribution in [0.1, 0.15) is 50.3 Å². The predicted molar refractivity (Wildman–Crippen MR) is 99.5 cm³/mol. The lowest BCUT2D eigenvalue weighted by Crippen LogP contribution is -2.16. The summed E-state index contributed by atoms with van der Waals surface area (Å²) in [6.07, 6.45) is 3.51. The van der Waals surface area contributed by atoms with Gasteiger partial charge in [0, 0.05) is 28.2 Å². The Morgan fingerprint density at radius 2 is 2.09 bits per heavy atom. The van der Waals surface area contributed by atoms with Crippen LogP contribution in [-0.2, 0) is 0 Å². The Hall–Kier alpha value is -1.62. The molecule has 122 valence electrons. The summed E-state index contributed by atoms with van der Waals surface area (Å²) in [6.45, 7) is 6.40. The number of rotatable bonds is 6. The summed E-state index contributed by atoms with van der Waals surface area (Å²) < 4.78 is 1.09. The van der Waals surface area contributed by atoms with Crippen molar-refractivity contribution in [3.05, 3.63) is 40.0 Å². The lowest BCUT2D eigenvalue weighted by molar-refractivity contribution is 0.750. The van der Waals surface area contributed by atoms with Crippen LogP contribution in [0.3, 0.4) is 0 Å². The summed E-state index contributed by atoms with van der Waals surface area (Å²) in [7, 11) is 0. The van der Waals surface area contributed by atoms with Gasteiger partial charge in [-0.3, -0.25) is 0 Å². The van der Waals surface area contributed by atoms with Crippen molar-refractivity contribution in [3.8, 4) is 0 Å². The molecular weight excluding hydrogens is 352 g/mol. The molecule has 1 aromatic carbocycles. The summed E-state index contributed by atoms with van der Waals surface area (Å²) in [4.78, 5) is 9.34. The highest BCUT2D eigenvalue weighted by Gasteiger charge is 2.26. The zero-order valence-electron chi connectivity index (χ0n) is 13.9. The van der Waals surface area contributed by atoms with Gasteiger partial charge in [0.25, 0.3) is 0 Å². The molecule has 0 aliphatic heterocycles. The maximum atomic E-state index is 4.69. The number of halogens is 1. The first-order valence-corrected chi connectivity index (χ1v) is 9.03. The fourth-order valence-corrected chi connectivity index (χ4v) is 2.75. The number of benzene rings is 1. The van der Waals surface area contributed by atoms with Crippen LogP contribution < -0.4 is 10.6 Å². The van der Waals surface area contributed by atoms with E-state index in [1.165, 1.54) is 18.4 Å². The van der Waals surface area contributed by atoms with Crippen molar-refractivity contribution in [3.63, 3.8) is 0 Å². The van der Waals surface area contributed by atoms with E-state index in [4.69, 9.17) is 4.98 Å². The SMILES string of the molecule is CC[C@@H](C)Nc1nc(Nc2cccc(Br)c2C)cc(C2CC2)n1. The van der Waals surface area contributed by atoms with Crippen molar-refractivity contribution in [2.75, 3.05) is 10.6 Å². The van der Waals surface area contributed by atoms with E-state index in [-0.39, 0.29) is 0 Å². The topological polar surface area (TPSA) is 49.8 Å². The Morgan fingerprint density at radius 1 is 1.30 bits per heavy atom. The third-order valence-corrected chi connectivity index (χ3v) is 5.12. The first kappa shape index (κ1) is 16.2. The number of nitrogens with one attached hydrogen (secondary N) is 2. The minimum Gasteiger partial charge on any atom is -0.352 e. The third-order valence-electron chi connectivity index (χ3n) is 4.26. The first-order chi connectivity index (χ1) is 11.1. The van der Waals surface area contributed by atoms with Crippen molar-refractivity contribution < 1.29 is 0 Å². The molecule has 4 nitrogen and oxygen atoms in total. The molecule has 0 amide bonds. The second-order valence-electron chi connectivity index (χ2n) is 6.27. The highest BCUT2D eigenvalue weighted by molar-refractivity contribution is 9.10. The van der Waals surface area contributed by atoms with Crippen molar-refractivity contribution in [2.24, 2.45) is 0 Å². The summed E-state index contributed by atoms with van der Waals surface area (Å²) in [5.41, 5.74) is 3.38. The number of nitrogens with zero attached hydrogens (tertiary/aromatic N) is 2. The molecule has 23 heavy (non-hydrogen) atoms. The summed E-state index contributed by atoms with van der Waals surface area (Å²) >= 11 is 3.58. The normalized spacial score (nSPS) is 15.3. The highest BCUT2D eigenvalue weighted by atomic mass is 79.9. The van der Waals surface area contributed by atoms with Crippen molar-refractivity contribution in [2.45, 2.75) is 52.0 Å². The van der Waals surface area contributed by atoms with Crippen LogP contribution in [-0.4, -0.2) is 16.0 Å². The number of hydrogen-bond donors (Lipinski definition) is 2. The van der Waals surface area contributed by atoms with Gasteiger partial charge in [-0.25, -0.2) is 4.98 Å². The van der Waals surface area contributed by atoms with Crippen molar-refractivity contribution >= 4 is 33.4 Å². The Labute approximate surface area is 146 Å². The molecule has 3 rings (SSSR count). The van der Waals surface area contributed by atoms with Crippen LogP contribution in [0.15, 0.2) is 28.7 Å². The van der Waals surface area contributed by atoms with Gasteiger partial charge in [-0.1, -0.05) is 28.9 Å². The third kappa shape index (κ3) is 4.02. The Balaban J connectivity index is 1.89. The zero-order valence-corrected chi connectivity index (χ0v) is 15.4. The molecule has 1 saturated carbocycles. The Bertz CT molecular complexity index is 697. The summed E-state index contributed by atoms with van der Waals surface area (Å²) in [5, 5.41) is 6.84. The van der Waals surface area contributed by atoms with Gasteiger partial charge >= 0.3 is 0 Å². The maximum absolute atomic E-state index is 4.69. The molecule has 0 unspecified atom stereocenters. The Kier molecular flexibility index (Phi) is 4.85. The van der Waals surface area contributed by atoms with Gasteiger partial charge in [-0.05, 0) is 50.8 Å². The fourth-order valence-electron chi connectivity index (χ4n) is 2.39. The number of aromatic nitrogens is 2. The van der Waals surface area contributed by atoms with Crippen LogP contribution in [0.5, 0.6) is 0 Å². The summed E-state index contributed by atoms with van der Waals surface area (Å²) in [6, 6.07) is 8.60. The van der Waals surface area contributed by atoms with E-state index >= 15 is 0 Å². The molecular formula is C18H23BrN4. The molecule has 0 spiro atoms. The van der Waals surface area contributed by atoms with E-state index < -0.39 is 0 Å². The minimum absolute atomic E-state index is 0.366. The van der Waals surface area contributed by atoms with Crippen LogP contribution in [0.2, 0.25) is 0 Å². The van der Waals surface area contributed by atoms with Crippen LogP contribution in [0.4, 0.5) is 17.5 Å². The number of anilines is 3.